The Bertz CT molecular complexity index is 334. The van der Waals surface area contributed by atoms with Crippen molar-refractivity contribution >= 4 is 9.84 Å². The van der Waals surface area contributed by atoms with E-state index in [9.17, 15) is 8.42 Å². The summed E-state index contributed by atoms with van der Waals surface area (Å²) in [6.45, 7) is 1.64. The van der Waals surface area contributed by atoms with E-state index in [-0.39, 0.29) is 11.8 Å². The van der Waals surface area contributed by atoms with Gasteiger partial charge >= 0.3 is 0 Å². The van der Waals surface area contributed by atoms with Crippen molar-refractivity contribution in [1.29, 1.82) is 0 Å². The van der Waals surface area contributed by atoms with Crippen molar-refractivity contribution in [3.8, 4) is 0 Å². The topological polar surface area (TPSA) is 63.4 Å². The molecule has 0 aromatic carbocycles. The van der Waals surface area contributed by atoms with Gasteiger partial charge in [0.25, 0.3) is 0 Å². The summed E-state index contributed by atoms with van der Waals surface area (Å²) in [7, 11) is -2.92. The van der Waals surface area contributed by atoms with Crippen molar-refractivity contribution in [1.82, 2.24) is 4.90 Å². The summed E-state index contributed by atoms with van der Waals surface area (Å²) < 4.78 is 23.6. The third-order valence-corrected chi connectivity index (χ3v) is 6.32. The van der Waals surface area contributed by atoms with Crippen LogP contribution in [0.25, 0.3) is 0 Å². The summed E-state index contributed by atoms with van der Waals surface area (Å²) in [5, 5.41) is -0.334. The largest absolute Gasteiger partial charge is 0.329 e. The van der Waals surface area contributed by atoms with Crippen LogP contribution in [-0.2, 0) is 9.84 Å². The van der Waals surface area contributed by atoms with Gasteiger partial charge in [-0.3, -0.25) is 4.90 Å². The second-order valence-corrected chi connectivity index (χ2v) is 7.77. The minimum absolute atomic E-state index is 0.269. The van der Waals surface area contributed by atoms with Crippen molar-refractivity contribution in [2.45, 2.75) is 49.8 Å². The van der Waals surface area contributed by atoms with Gasteiger partial charge in [0.1, 0.15) is 0 Å². The number of nitrogens with zero attached hydrogens (tertiary/aromatic N) is 1. The summed E-state index contributed by atoms with van der Waals surface area (Å²) >= 11 is 0. The van der Waals surface area contributed by atoms with Crippen LogP contribution in [0.2, 0.25) is 0 Å². The van der Waals surface area contributed by atoms with Crippen molar-refractivity contribution in [3.05, 3.63) is 0 Å². The molecule has 1 aliphatic heterocycles. The summed E-state index contributed by atoms with van der Waals surface area (Å²) in [6.07, 6.45) is 7.73. The van der Waals surface area contributed by atoms with Gasteiger partial charge in [-0.15, -0.1) is 0 Å². The monoisotopic (exact) mass is 260 g/mol. The lowest BCUT2D eigenvalue weighted by Crippen LogP contribution is -2.53. The quantitative estimate of drug-likeness (QED) is 0.745. The van der Waals surface area contributed by atoms with E-state index in [1.165, 1.54) is 38.5 Å². The molecule has 0 aromatic heterocycles. The van der Waals surface area contributed by atoms with Gasteiger partial charge in [0.05, 0.1) is 11.0 Å². The molecular weight excluding hydrogens is 236 g/mol. The van der Waals surface area contributed by atoms with Crippen LogP contribution in [0.3, 0.4) is 0 Å². The normalized spacial score (nSPS) is 32.2. The fourth-order valence-corrected chi connectivity index (χ4v) is 4.59. The van der Waals surface area contributed by atoms with Crippen LogP contribution in [0.4, 0.5) is 0 Å². The molecule has 1 saturated carbocycles. The third kappa shape index (κ3) is 3.20. The highest BCUT2D eigenvalue weighted by Crippen LogP contribution is 2.24. The van der Waals surface area contributed by atoms with E-state index < -0.39 is 9.84 Å². The average molecular weight is 260 g/mol. The molecule has 1 atom stereocenters. The molecule has 2 rings (SSSR count). The molecule has 1 heterocycles. The van der Waals surface area contributed by atoms with E-state index in [1.54, 1.807) is 0 Å². The maximum atomic E-state index is 11.8. The van der Waals surface area contributed by atoms with Crippen LogP contribution in [0, 0.1) is 0 Å². The van der Waals surface area contributed by atoms with Crippen molar-refractivity contribution in [2.75, 3.05) is 25.4 Å². The molecule has 0 amide bonds. The summed E-state index contributed by atoms with van der Waals surface area (Å²) in [5.41, 5.74) is 5.60. The van der Waals surface area contributed by atoms with Gasteiger partial charge in [-0.05, 0) is 12.8 Å². The Balaban J connectivity index is 1.98. The molecule has 2 aliphatic rings. The molecule has 100 valence electrons. The highest BCUT2D eigenvalue weighted by atomic mass is 32.2. The molecule has 2 N–H and O–H groups in total. The zero-order valence-electron chi connectivity index (χ0n) is 10.5. The number of sulfone groups is 1. The second-order valence-electron chi connectivity index (χ2n) is 5.37. The zero-order valence-corrected chi connectivity index (χ0v) is 11.3. The van der Waals surface area contributed by atoms with Crippen LogP contribution in [-0.4, -0.2) is 50.0 Å². The van der Waals surface area contributed by atoms with E-state index in [0.717, 1.165) is 0 Å². The average Bonchev–Trinajstić information content (AvgIpc) is 2.57. The van der Waals surface area contributed by atoms with E-state index >= 15 is 0 Å². The molecule has 2 fully saturated rings. The third-order valence-electron chi connectivity index (χ3n) is 4.21. The molecule has 1 unspecified atom stereocenters. The molecule has 4 nitrogen and oxygen atoms in total. The Morgan fingerprint density at radius 1 is 1.12 bits per heavy atom. The molecule has 1 saturated heterocycles. The van der Waals surface area contributed by atoms with Crippen molar-refractivity contribution in [2.24, 2.45) is 5.73 Å². The summed E-state index contributed by atoms with van der Waals surface area (Å²) in [5.74, 6) is 0.297. The maximum absolute atomic E-state index is 11.8. The fourth-order valence-electron chi connectivity index (χ4n) is 3.05. The Morgan fingerprint density at radius 3 is 2.35 bits per heavy atom. The lowest BCUT2D eigenvalue weighted by Gasteiger charge is -2.37. The van der Waals surface area contributed by atoms with Crippen molar-refractivity contribution in [3.63, 3.8) is 0 Å². The molecule has 0 aromatic rings. The Labute approximate surface area is 104 Å². The maximum Gasteiger partial charge on any atom is 0.156 e. The first-order valence-electron chi connectivity index (χ1n) is 6.79. The standard InChI is InChI=1S/C12H24N2O2S/c13-9-12-10-14(7-8-17(12,15)16)11-5-3-1-2-4-6-11/h11-12H,1-10,13H2. The molecule has 0 bridgehead atoms. The van der Waals surface area contributed by atoms with E-state index in [0.29, 0.717) is 24.9 Å². The first-order chi connectivity index (χ1) is 8.13. The Kier molecular flexibility index (Phi) is 4.44. The highest BCUT2D eigenvalue weighted by molar-refractivity contribution is 7.92. The summed E-state index contributed by atoms with van der Waals surface area (Å²) in [4.78, 5) is 2.38. The Morgan fingerprint density at radius 2 is 1.76 bits per heavy atom. The minimum Gasteiger partial charge on any atom is -0.329 e. The van der Waals surface area contributed by atoms with Crippen molar-refractivity contribution < 1.29 is 8.42 Å². The number of rotatable bonds is 2. The van der Waals surface area contributed by atoms with Gasteiger partial charge in [0.15, 0.2) is 9.84 Å². The molecule has 1 aliphatic carbocycles. The van der Waals surface area contributed by atoms with Crippen LogP contribution < -0.4 is 5.73 Å². The first-order valence-corrected chi connectivity index (χ1v) is 8.51. The minimum atomic E-state index is -2.92. The van der Waals surface area contributed by atoms with Crippen LogP contribution in [0.1, 0.15) is 38.5 Å². The fraction of sp³-hybridized carbons (Fsp3) is 1.00. The first kappa shape index (κ1) is 13.3. The van der Waals surface area contributed by atoms with Crippen LogP contribution in [0.15, 0.2) is 0 Å². The SMILES string of the molecule is NCC1CN(C2CCCCCC2)CCS1(=O)=O. The van der Waals surface area contributed by atoms with Gasteiger partial charge in [0, 0.05) is 25.7 Å². The van der Waals surface area contributed by atoms with Crippen LogP contribution >= 0.6 is 0 Å². The molecular formula is C12H24N2O2S. The van der Waals surface area contributed by atoms with Gasteiger partial charge < -0.3 is 5.73 Å². The predicted molar refractivity (Wildman–Crippen MR) is 69.7 cm³/mol. The smallest absolute Gasteiger partial charge is 0.156 e. The number of nitrogens with two attached hydrogens (primary N) is 1. The number of hydrogen-bond acceptors (Lipinski definition) is 4. The molecule has 5 heteroatoms. The van der Waals surface area contributed by atoms with Gasteiger partial charge in [-0.2, -0.15) is 0 Å². The second kappa shape index (κ2) is 5.67. The van der Waals surface area contributed by atoms with Gasteiger partial charge in [0.2, 0.25) is 0 Å². The molecule has 17 heavy (non-hydrogen) atoms. The lowest BCUT2D eigenvalue weighted by molar-refractivity contribution is 0.181. The summed E-state index contributed by atoms with van der Waals surface area (Å²) in [6, 6.07) is 0.599. The Hall–Kier alpha value is -0.130. The molecule has 0 spiro atoms. The molecule has 0 radical (unpaired) electrons. The zero-order chi connectivity index (χ0) is 12.3. The van der Waals surface area contributed by atoms with Gasteiger partial charge in [-0.1, -0.05) is 25.7 Å². The van der Waals surface area contributed by atoms with Gasteiger partial charge in [-0.25, -0.2) is 8.42 Å². The predicted octanol–water partition coefficient (Wildman–Crippen LogP) is 0.767. The highest BCUT2D eigenvalue weighted by Gasteiger charge is 2.34. The lowest BCUT2D eigenvalue weighted by atomic mass is 10.1. The van der Waals surface area contributed by atoms with E-state index in [1.807, 2.05) is 0 Å². The number of hydrogen-bond donors (Lipinski definition) is 1. The van der Waals surface area contributed by atoms with E-state index in [2.05, 4.69) is 4.90 Å². The van der Waals surface area contributed by atoms with E-state index in [4.69, 9.17) is 5.73 Å². The van der Waals surface area contributed by atoms with Crippen LogP contribution in [0.5, 0.6) is 0 Å².